The molecular formula is C11H30N2. The molecule has 0 heterocycles. The number of unbranched alkanes of at least 4 members (excludes halogenated alkanes) is 2. The van der Waals surface area contributed by atoms with Crippen molar-refractivity contribution in [2.75, 3.05) is 42.3 Å². The molecule has 0 aromatic carbocycles. The number of rotatable bonds is 2. The van der Waals surface area contributed by atoms with Crippen LogP contribution in [0.15, 0.2) is 0 Å². The molecule has 0 saturated heterocycles. The highest BCUT2D eigenvalue weighted by atomic mass is 15.0. The summed E-state index contributed by atoms with van der Waals surface area (Å²) in [7, 11) is 12.0. The lowest BCUT2D eigenvalue weighted by atomic mass is 10.3. The topological polar surface area (TPSA) is 6.48 Å². The zero-order chi connectivity index (χ0) is 11.3. The average molecular weight is 190 g/mol. The van der Waals surface area contributed by atoms with Gasteiger partial charge in [0.25, 0.3) is 0 Å². The van der Waals surface area contributed by atoms with Gasteiger partial charge in [-0.05, 0) is 42.3 Å². The van der Waals surface area contributed by atoms with E-state index >= 15 is 0 Å². The zero-order valence-electron chi connectivity index (χ0n) is 11.0. The Balaban J connectivity index is -0.000000117. The molecule has 13 heavy (non-hydrogen) atoms. The first-order valence-corrected chi connectivity index (χ1v) is 5.10. The lowest BCUT2D eigenvalue weighted by Crippen LogP contribution is -1.99. The van der Waals surface area contributed by atoms with Gasteiger partial charge in [0, 0.05) is 0 Å². The third-order valence-corrected chi connectivity index (χ3v) is 0.707. The number of nitrogens with zero attached hydrogens (tertiary/aromatic N) is 2. The van der Waals surface area contributed by atoms with Crippen LogP contribution in [0.4, 0.5) is 0 Å². The Morgan fingerprint density at radius 1 is 0.615 bits per heavy atom. The van der Waals surface area contributed by atoms with Crippen molar-refractivity contribution < 1.29 is 0 Å². The van der Waals surface area contributed by atoms with Crippen LogP contribution in [0, 0.1) is 0 Å². The summed E-state index contributed by atoms with van der Waals surface area (Å²) in [6.07, 6.45) is 4.08. The molecular weight excluding hydrogens is 160 g/mol. The fourth-order valence-electron chi connectivity index (χ4n) is 0.354. The van der Waals surface area contributed by atoms with Crippen LogP contribution in [0.3, 0.4) is 0 Å². The van der Waals surface area contributed by atoms with Crippen LogP contribution in [0.2, 0.25) is 0 Å². The maximum atomic E-state index is 2.21. The monoisotopic (exact) mass is 190 g/mol. The first-order valence-electron chi connectivity index (χ1n) is 5.10. The molecule has 0 rings (SSSR count). The van der Waals surface area contributed by atoms with Crippen molar-refractivity contribution in [2.45, 2.75) is 33.1 Å². The minimum atomic E-state index is 1.34. The molecule has 2 heteroatoms. The normalized spacial score (nSPS) is 8.77. The Labute approximate surface area is 85.9 Å². The summed E-state index contributed by atoms with van der Waals surface area (Å²) in [6.45, 7) is 4.42. The first kappa shape index (κ1) is 18.7. The molecule has 0 aliphatic carbocycles. The molecule has 0 N–H and O–H groups in total. The summed E-state index contributed by atoms with van der Waals surface area (Å²) in [6, 6.07) is 0. The Hall–Kier alpha value is -0.0800. The van der Waals surface area contributed by atoms with Gasteiger partial charge in [0.15, 0.2) is 0 Å². The van der Waals surface area contributed by atoms with Gasteiger partial charge in [-0.3, -0.25) is 0 Å². The van der Waals surface area contributed by atoms with E-state index in [1.807, 2.05) is 52.1 Å². The van der Waals surface area contributed by atoms with E-state index in [1.54, 1.807) is 0 Å². The molecule has 0 aromatic heterocycles. The molecule has 0 atom stereocenters. The van der Waals surface area contributed by atoms with E-state index in [0.717, 1.165) is 0 Å². The van der Waals surface area contributed by atoms with Gasteiger partial charge in [-0.2, -0.15) is 0 Å². The van der Waals surface area contributed by atoms with E-state index in [0.29, 0.717) is 0 Å². The third-order valence-electron chi connectivity index (χ3n) is 0.707. The van der Waals surface area contributed by atoms with Gasteiger partial charge in [-0.15, -0.1) is 0 Å². The summed E-state index contributed by atoms with van der Waals surface area (Å²) in [4.78, 5) is 4.00. The summed E-state index contributed by atoms with van der Waals surface area (Å²) in [5.74, 6) is 0. The van der Waals surface area contributed by atoms with Gasteiger partial charge in [-0.25, -0.2) is 0 Å². The fourth-order valence-corrected chi connectivity index (χ4v) is 0.354. The molecule has 0 bridgehead atoms. The van der Waals surface area contributed by atoms with Crippen LogP contribution in [0.5, 0.6) is 0 Å². The van der Waals surface area contributed by atoms with Crippen molar-refractivity contribution >= 4 is 0 Å². The summed E-state index contributed by atoms with van der Waals surface area (Å²) in [5, 5.41) is 0. The van der Waals surface area contributed by atoms with E-state index in [9.17, 15) is 0 Å². The maximum absolute atomic E-state index is 2.21. The zero-order valence-corrected chi connectivity index (χ0v) is 11.0. The summed E-state index contributed by atoms with van der Waals surface area (Å²) >= 11 is 0. The van der Waals surface area contributed by atoms with Crippen molar-refractivity contribution in [3.63, 3.8) is 0 Å². The number of hydrogen-bond donors (Lipinski definition) is 0. The Morgan fingerprint density at radius 3 is 0.769 bits per heavy atom. The molecule has 0 aliphatic rings. The molecule has 84 valence electrons. The maximum Gasteiger partial charge on any atom is -0.0140 e. The highest BCUT2D eigenvalue weighted by Gasteiger charge is 1.68. The van der Waals surface area contributed by atoms with E-state index in [-0.39, 0.29) is 0 Å². The fraction of sp³-hybridized carbons (Fsp3) is 1.00. The van der Waals surface area contributed by atoms with E-state index in [4.69, 9.17) is 0 Å². The quantitative estimate of drug-likeness (QED) is 0.660. The van der Waals surface area contributed by atoms with Crippen molar-refractivity contribution in [3.8, 4) is 0 Å². The van der Waals surface area contributed by atoms with Gasteiger partial charge in [0.2, 0.25) is 0 Å². The molecule has 0 unspecified atom stereocenters. The van der Waals surface area contributed by atoms with Gasteiger partial charge >= 0.3 is 0 Å². The SMILES string of the molecule is CCCCC.CN(C)C.CN(C)C. The van der Waals surface area contributed by atoms with Crippen molar-refractivity contribution in [1.82, 2.24) is 9.80 Å². The van der Waals surface area contributed by atoms with Crippen molar-refractivity contribution in [3.05, 3.63) is 0 Å². The predicted octanol–water partition coefficient (Wildman–Crippen LogP) is 2.55. The van der Waals surface area contributed by atoms with Gasteiger partial charge < -0.3 is 9.80 Å². The van der Waals surface area contributed by atoms with Crippen molar-refractivity contribution in [2.24, 2.45) is 0 Å². The summed E-state index contributed by atoms with van der Waals surface area (Å²) < 4.78 is 0. The van der Waals surface area contributed by atoms with Gasteiger partial charge in [0.05, 0.1) is 0 Å². The predicted molar refractivity (Wildman–Crippen MR) is 64.4 cm³/mol. The molecule has 0 radical (unpaired) electrons. The van der Waals surface area contributed by atoms with E-state index in [1.165, 1.54) is 19.3 Å². The minimum Gasteiger partial charge on any atom is -0.312 e. The van der Waals surface area contributed by atoms with E-state index in [2.05, 4.69) is 13.8 Å². The van der Waals surface area contributed by atoms with Crippen LogP contribution < -0.4 is 0 Å². The van der Waals surface area contributed by atoms with Gasteiger partial charge in [0.1, 0.15) is 0 Å². The Bertz CT molecular complexity index is 47.6. The first-order chi connectivity index (χ1) is 5.88. The molecule has 0 amide bonds. The Kier molecular flexibility index (Phi) is 25.6. The molecule has 0 saturated carbocycles. The molecule has 0 spiro atoms. The molecule has 0 aliphatic heterocycles. The van der Waals surface area contributed by atoms with Crippen LogP contribution in [0.1, 0.15) is 33.1 Å². The largest absolute Gasteiger partial charge is 0.312 e. The Morgan fingerprint density at radius 2 is 0.769 bits per heavy atom. The molecule has 2 nitrogen and oxygen atoms in total. The lowest BCUT2D eigenvalue weighted by molar-refractivity contribution is 0.505. The van der Waals surface area contributed by atoms with Crippen LogP contribution in [-0.4, -0.2) is 52.1 Å². The minimum absolute atomic E-state index is 1.34. The van der Waals surface area contributed by atoms with Crippen LogP contribution in [-0.2, 0) is 0 Å². The van der Waals surface area contributed by atoms with E-state index < -0.39 is 0 Å². The lowest BCUT2D eigenvalue weighted by Gasteiger charge is -1.90. The average Bonchev–Trinajstić information content (AvgIpc) is 1.86. The second-order valence-corrected chi connectivity index (χ2v) is 4.04. The molecule has 0 fully saturated rings. The van der Waals surface area contributed by atoms with Crippen LogP contribution >= 0.6 is 0 Å². The highest BCUT2D eigenvalue weighted by Crippen LogP contribution is 1.88. The van der Waals surface area contributed by atoms with Crippen LogP contribution in [0.25, 0.3) is 0 Å². The number of hydrogen-bond acceptors (Lipinski definition) is 2. The molecule has 0 aromatic rings. The summed E-state index contributed by atoms with van der Waals surface area (Å²) in [5.41, 5.74) is 0. The second-order valence-electron chi connectivity index (χ2n) is 4.04. The standard InChI is InChI=1S/C5H12.2C3H9N/c1-3-5-4-2;2*1-4(2)3/h3-5H2,1-2H3;2*1-3H3. The second kappa shape index (κ2) is 17.9. The van der Waals surface area contributed by atoms with Crippen molar-refractivity contribution in [1.29, 1.82) is 0 Å². The smallest absolute Gasteiger partial charge is 0.0140 e. The highest BCUT2D eigenvalue weighted by molar-refractivity contribution is 4.24. The third kappa shape index (κ3) is 318. The van der Waals surface area contributed by atoms with Gasteiger partial charge in [-0.1, -0.05) is 33.1 Å².